The van der Waals surface area contributed by atoms with E-state index < -0.39 is 0 Å². The lowest BCUT2D eigenvalue weighted by atomic mass is 9.99. The number of carbonyl (C=O) groups excluding carboxylic acids is 2. The maximum atomic E-state index is 11.7. The quantitative estimate of drug-likeness (QED) is 0.560. The number of nitrogens with zero attached hydrogens (tertiary/aromatic N) is 1. The number of esters is 1. The molecule has 1 rings (SSSR count). The molecule has 1 N–H and O–H groups in total. The first-order chi connectivity index (χ1) is 8.58. The molecule has 1 saturated heterocycles. The van der Waals surface area contributed by atoms with Gasteiger partial charge in [0.25, 0.3) is 0 Å². The lowest BCUT2D eigenvalue weighted by Gasteiger charge is -2.14. The summed E-state index contributed by atoms with van der Waals surface area (Å²) < 4.78 is 4.77. The van der Waals surface area contributed by atoms with Crippen LogP contribution >= 0.6 is 0 Å². The molecule has 2 atom stereocenters. The molecule has 0 aromatic carbocycles. The third-order valence-electron chi connectivity index (χ3n) is 3.41. The largest absolute Gasteiger partial charge is 0.469 e. The van der Waals surface area contributed by atoms with Crippen LogP contribution in [-0.2, 0) is 14.3 Å². The lowest BCUT2D eigenvalue weighted by molar-refractivity contribution is -0.146. The zero-order valence-corrected chi connectivity index (χ0v) is 11.6. The van der Waals surface area contributed by atoms with Crippen LogP contribution in [0, 0.1) is 11.8 Å². The minimum Gasteiger partial charge on any atom is -0.469 e. The minimum atomic E-state index is -0.170. The number of hydrogen-bond donors (Lipinski definition) is 1. The first-order valence-corrected chi connectivity index (χ1v) is 6.65. The topological polar surface area (TPSA) is 58.6 Å². The maximum Gasteiger partial charge on any atom is 0.310 e. The molecule has 104 valence electrons. The van der Waals surface area contributed by atoms with E-state index in [0.717, 1.165) is 25.9 Å². The SMILES string of the molecule is CCCCNC(=O)CN1CC(C)C(C(=O)OC)C1. The van der Waals surface area contributed by atoms with Crippen LogP contribution < -0.4 is 5.32 Å². The maximum absolute atomic E-state index is 11.7. The van der Waals surface area contributed by atoms with Crippen molar-refractivity contribution in [2.24, 2.45) is 11.8 Å². The summed E-state index contributed by atoms with van der Waals surface area (Å²) in [4.78, 5) is 25.2. The summed E-state index contributed by atoms with van der Waals surface area (Å²) in [6.45, 7) is 6.63. The zero-order chi connectivity index (χ0) is 13.5. The van der Waals surface area contributed by atoms with E-state index in [0.29, 0.717) is 13.1 Å². The standard InChI is InChI=1S/C13H24N2O3/c1-4-5-6-14-12(16)9-15-7-10(2)11(8-15)13(17)18-3/h10-11H,4-9H2,1-3H3,(H,14,16). The molecule has 0 aromatic rings. The number of nitrogens with one attached hydrogen (secondary N) is 1. The number of hydrogen-bond acceptors (Lipinski definition) is 4. The predicted octanol–water partition coefficient (Wildman–Crippen LogP) is 0.644. The average molecular weight is 256 g/mol. The Morgan fingerprint density at radius 2 is 2.11 bits per heavy atom. The van der Waals surface area contributed by atoms with Crippen LogP contribution in [0.4, 0.5) is 0 Å². The van der Waals surface area contributed by atoms with Crippen LogP contribution in [0.25, 0.3) is 0 Å². The summed E-state index contributed by atoms with van der Waals surface area (Å²) in [5.74, 6) is 0.0249. The molecule has 1 aliphatic rings. The molecule has 18 heavy (non-hydrogen) atoms. The van der Waals surface area contributed by atoms with Crippen molar-refractivity contribution in [2.75, 3.05) is 33.3 Å². The van der Waals surface area contributed by atoms with Gasteiger partial charge in [0.05, 0.1) is 19.6 Å². The molecule has 1 heterocycles. The van der Waals surface area contributed by atoms with Gasteiger partial charge in [-0.25, -0.2) is 0 Å². The predicted molar refractivity (Wildman–Crippen MR) is 69.0 cm³/mol. The second-order valence-electron chi connectivity index (χ2n) is 5.00. The van der Waals surface area contributed by atoms with Crippen LogP contribution in [0.2, 0.25) is 0 Å². The summed E-state index contributed by atoms with van der Waals surface area (Å²) in [6.07, 6.45) is 2.08. The highest BCUT2D eigenvalue weighted by molar-refractivity contribution is 5.78. The van der Waals surface area contributed by atoms with Gasteiger partial charge in [0, 0.05) is 19.6 Å². The van der Waals surface area contributed by atoms with Gasteiger partial charge in [-0.3, -0.25) is 14.5 Å². The first kappa shape index (κ1) is 15.0. The van der Waals surface area contributed by atoms with Gasteiger partial charge in [-0.2, -0.15) is 0 Å². The van der Waals surface area contributed by atoms with Gasteiger partial charge < -0.3 is 10.1 Å². The Kier molecular flexibility index (Phi) is 6.12. The molecule has 0 aromatic heterocycles. The first-order valence-electron chi connectivity index (χ1n) is 6.65. The van der Waals surface area contributed by atoms with Crippen LogP contribution in [0.5, 0.6) is 0 Å². The molecule has 0 aliphatic carbocycles. The van der Waals surface area contributed by atoms with Crippen molar-refractivity contribution in [1.82, 2.24) is 10.2 Å². The molecule has 2 unspecified atom stereocenters. The van der Waals surface area contributed by atoms with E-state index in [1.54, 1.807) is 0 Å². The summed E-state index contributed by atoms with van der Waals surface area (Å²) in [6, 6.07) is 0. The van der Waals surface area contributed by atoms with Crippen molar-refractivity contribution in [1.29, 1.82) is 0 Å². The van der Waals surface area contributed by atoms with Crippen molar-refractivity contribution >= 4 is 11.9 Å². The fraction of sp³-hybridized carbons (Fsp3) is 0.846. The Balaban J connectivity index is 2.32. The molecule has 0 saturated carbocycles. The van der Waals surface area contributed by atoms with Crippen LogP contribution in [0.1, 0.15) is 26.7 Å². The van der Waals surface area contributed by atoms with Gasteiger partial charge in [0.2, 0.25) is 5.91 Å². The van der Waals surface area contributed by atoms with Crippen molar-refractivity contribution < 1.29 is 14.3 Å². The highest BCUT2D eigenvalue weighted by atomic mass is 16.5. The zero-order valence-electron chi connectivity index (χ0n) is 11.6. The number of unbranched alkanes of at least 4 members (excludes halogenated alkanes) is 1. The van der Waals surface area contributed by atoms with E-state index in [1.807, 2.05) is 11.8 Å². The van der Waals surface area contributed by atoms with Gasteiger partial charge in [-0.1, -0.05) is 20.3 Å². The van der Waals surface area contributed by atoms with Crippen LogP contribution in [0.15, 0.2) is 0 Å². The number of rotatable bonds is 6. The summed E-state index contributed by atoms with van der Waals surface area (Å²) in [7, 11) is 1.41. The fourth-order valence-corrected chi connectivity index (χ4v) is 2.32. The Morgan fingerprint density at radius 3 is 2.72 bits per heavy atom. The van der Waals surface area contributed by atoms with Crippen LogP contribution in [-0.4, -0.2) is 50.1 Å². The van der Waals surface area contributed by atoms with E-state index in [4.69, 9.17) is 4.74 Å². The molecule has 0 radical (unpaired) electrons. The minimum absolute atomic E-state index is 0.0427. The highest BCUT2D eigenvalue weighted by Gasteiger charge is 2.35. The number of ether oxygens (including phenoxy) is 1. The van der Waals surface area contributed by atoms with E-state index >= 15 is 0 Å². The van der Waals surface area contributed by atoms with E-state index in [9.17, 15) is 9.59 Å². The molecule has 5 heteroatoms. The Labute approximate surface area is 109 Å². The molecule has 1 amide bonds. The molecular formula is C13H24N2O3. The van der Waals surface area contributed by atoms with Crippen LogP contribution in [0.3, 0.4) is 0 Å². The normalized spacial score (nSPS) is 23.9. The highest BCUT2D eigenvalue weighted by Crippen LogP contribution is 2.23. The van der Waals surface area contributed by atoms with Crippen molar-refractivity contribution in [2.45, 2.75) is 26.7 Å². The van der Waals surface area contributed by atoms with Gasteiger partial charge >= 0.3 is 5.97 Å². The number of likely N-dealkylation sites (tertiary alicyclic amines) is 1. The molecular weight excluding hydrogens is 232 g/mol. The molecule has 1 aliphatic heterocycles. The van der Waals surface area contributed by atoms with Gasteiger partial charge in [0.1, 0.15) is 0 Å². The molecule has 5 nitrogen and oxygen atoms in total. The lowest BCUT2D eigenvalue weighted by Crippen LogP contribution is -2.37. The number of methoxy groups -OCH3 is 1. The Bertz CT molecular complexity index is 294. The summed E-state index contributed by atoms with van der Waals surface area (Å²) >= 11 is 0. The van der Waals surface area contributed by atoms with Gasteiger partial charge in [0.15, 0.2) is 0 Å². The van der Waals surface area contributed by atoms with Crippen molar-refractivity contribution in [3.8, 4) is 0 Å². The van der Waals surface area contributed by atoms with Gasteiger partial charge in [-0.05, 0) is 12.3 Å². The van der Waals surface area contributed by atoms with E-state index in [-0.39, 0.29) is 23.7 Å². The van der Waals surface area contributed by atoms with E-state index in [2.05, 4.69) is 12.2 Å². The average Bonchev–Trinajstić information content (AvgIpc) is 2.69. The fourth-order valence-electron chi connectivity index (χ4n) is 2.32. The van der Waals surface area contributed by atoms with Crippen molar-refractivity contribution in [3.63, 3.8) is 0 Å². The van der Waals surface area contributed by atoms with Gasteiger partial charge in [-0.15, -0.1) is 0 Å². The molecule has 0 spiro atoms. The number of amides is 1. The molecule has 0 bridgehead atoms. The smallest absolute Gasteiger partial charge is 0.310 e. The monoisotopic (exact) mass is 256 g/mol. The third kappa shape index (κ3) is 4.29. The third-order valence-corrected chi connectivity index (χ3v) is 3.41. The van der Waals surface area contributed by atoms with Crippen molar-refractivity contribution in [3.05, 3.63) is 0 Å². The summed E-state index contributed by atoms with van der Waals surface area (Å²) in [5, 5.41) is 2.89. The number of carbonyl (C=O) groups is 2. The summed E-state index contributed by atoms with van der Waals surface area (Å²) in [5.41, 5.74) is 0. The Morgan fingerprint density at radius 1 is 1.39 bits per heavy atom. The Hall–Kier alpha value is -1.10. The second-order valence-corrected chi connectivity index (χ2v) is 5.00. The van der Waals surface area contributed by atoms with E-state index in [1.165, 1.54) is 7.11 Å². The second kappa shape index (κ2) is 7.36. The molecule has 1 fully saturated rings.